The van der Waals surface area contributed by atoms with Crippen LogP contribution in [-0.2, 0) is 47.7 Å². The van der Waals surface area contributed by atoms with Crippen LogP contribution in [0.1, 0.15) is 131 Å². The average molecular weight is 987 g/mol. The van der Waals surface area contributed by atoms with E-state index in [1.165, 1.54) is 24.0 Å². The highest BCUT2D eigenvalue weighted by atomic mass is 16.6. The number of fused-ring (bicyclic) bond motifs is 2. The third-order valence-electron chi connectivity index (χ3n) is 12.9. The topological polar surface area (TPSA) is 269 Å². The summed E-state index contributed by atoms with van der Waals surface area (Å²) >= 11 is 0. The van der Waals surface area contributed by atoms with Gasteiger partial charge < -0.3 is 60.2 Å². The molecule has 10 atom stereocenters. The zero-order valence-electron chi connectivity index (χ0n) is 42.3. The fraction of sp³-hybridized carbons (Fsp3) is 0.720. The van der Waals surface area contributed by atoms with Crippen LogP contribution in [0.2, 0.25) is 0 Å². The highest BCUT2D eigenvalue weighted by Crippen LogP contribution is 2.47. The number of methoxy groups -OCH3 is 2. The number of β-amino-alcohol motifs (C(OH)–C–C–N with tert-alkyl or cyclic N) is 1. The Kier molecular flexibility index (Phi) is 20.0. The number of unbranched alkanes of at least 4 members (excludes halogenated alkanes) is 3. The van der Waals surface area contributed by atoms with Gasteiger partial charge in [0.2, 0.25) is 23.6 Å². The fourth-order valence-electron chi connectivity index (χ4n) is 9.21. The standard InChI is InChI=1S/C26H41N3O7.C24H37N3O7/c1-7-9-10-11-12-13-19(27-24(34)36-25(3,4)5)22(32)29-16-18(30)14-20(29)21(31)28-26(23(33)35-6)15-17(26)8-2;1-23(2,3)34-22(32)25-17-11-9-7-5-6-8-10-15-13-24(15,21(31)33-4)26-19(29)18-12-16(28)14-27(18)20(17)30/h7-8,17-20,30H,1-2,9-16H2,3-6H3,(H,27,34)(H,28,31);8,10,15-18,28H,5-7,9,11-14H2,1-4H3,(H,25,32)(H,26,29)/b;10-8-/t17?,18-,19-,20-,26+;15?,16-,17-,18-,24+/m00/s1. The van der Waals surface area contributed by atoms with Crippen LogP contribution < -0.4 is 21.3 Å². The third kappa shape index (κ3) is 15.5. The van der Waals surface area contributed by atoms with Gasteiger partial charge in [-0.25, -0.2) is 19.2 Å². The second-order valence-corrected chi connectivity index (χ2v) is 20.9. The van der Waals surface area contributed by atoms with Gasteiger partial charge in [0, 0.05) is 37.8 Å². The molecule has 0 radical (unpaired) electrons. The van der Waals surface area contributed by atoms with Crippen LogP contribution in [0.4, 0.5) is 9.59 Å². The Morgan fingerprint density at radius 3 is 2.14 bits per heavy atom. The number of nitrogens with zero attached hydrogens (tertiary/aromatic N) is 2. The van der Waals surface area contributed by atoms with Crippen molar-refractivity contribution in [2.24, 2.45) is 11.8 Å². The van der Waals surface area contributed by atoms with Gasteiger partial charge in [-0.15, -0.1) is 13.2 Å². The van der Waals surface area contributed by atoms with Crippen molar-refractivity contribution in [1.29, 1.82) is 0 Å². The molecule has 0 aromatic carbocycles. The van der Waals surface area contributed by atoms with Crippen molar-refractivity contribution in [1.82, 2.24) is 31.1 Å². The summed E-state index contributed by atoms with van der Waals surface area (Å²) in [6, 6.07) is -3.77. The first-order valence-electron chi connectivity index (χ1n) is 24.5. The first-order valence-corrected chi connectivity index (χ1v) is 24.5. The molecule has 0 aromatic heterocycles. The Morgan fingerprint density at radius 1 is 0.871 bits per heavy atom. The van der Waals surface area contributed by atoms with Crippen molar-refractivity contribution >= 4 is 47.8 Å². The lowest BCUT2D eigenvalue weighted by Gasteiger charge is -2.30. The summed E-state index contributed by atoms with van der Waals surface area (Å²) in [5.41, 5.74) is -3.84. The molecular weight excluding hydrogens is 909 g/mol. The summed E-state index contributed by atoms with van der Waals surface area (Å²) in [5.74, 6) is -3.57. The number of amides is 6. The molecule has 2 unspecified atom stereocenters. The van der Waals surface area contributed by atoms with E-state index >= 15 is 0 Å². The fourth-order valence-corrected chi connectivity index (χ4v) is 9.21. The Morgan fingerprint density at radius 2 is 1.53 bits per heavy atom. The molecule has 70 heavy (non-hydrogen) atoms. The van der Waals surface area contributed by atoms with Crippen LogP contribution in [0.15, 0.2) is 37.5 Å². The average Bonchev–Trinajstić information content (AvgIpc) is 4.06. The minimum absolute atomic E-state index is 0.0199. The summed E-state index contributed by atoms with van der Waals surface area (Å²) in [4.78, 5) is 106. The molecule has 2 saturated heterocycles. The number of ether oxygens (including phenoxy) is 4. The number of aliphatic hydroxyl groups excluding tert-OH is 2. The van der Waals surface area contributed by atoms with Gasteiger partial charge in [0.05, 0.1) is 26.4 Å². The van der Waals surface area contributed by atoms with Gasteiger partial charge in [-0.1, -0.05) is 50.0 Å². The lowest BCUT2D eigenvalue weighted by molar-refractivity contribution is -0.148. The van der Waals surface area contributed by atoms with Gasteiger partial charge in [0.15, 0.2) is 0 Å². The van der Waals surface area contributed by atoms with Crippen molar-refractivity contribution in [3.8, 4) is 0 Å². The minimum Gasteiger partial charge on any atom is -0.467 e. The van der Waals surface area contributed by atoms with E-state index in [-0.39, 0.29) is 37.8 Å². The molecule has 0 spiro atoms. The number of rotatable bonds is 14. The van der Waals surface area contributed by atoms with E-state index in [0.29, 0.717) is 38.5 Å². The SMILES string of the molecule is C=CCCCCC[C@H](NC(=O)OC(C)(C)C)C(=O)N1C[C@@H](O)C[C@H]1C(=O)N[C@]1(C(=O)OC)CC1C=C.COC(=O)[C@@]12CC1/C=C\CCCCC[C@H](NC(=O)OC(C)(C)C)C(=O)N1C[C@@H](O)C[C@H]1C(=O)N2. The van der Waals surface area contributed by atoms with E-state index in [9.17, 15) is 48.6 Å². The molecule has 0 bridgehead atoms. The molecule has 20 nitrogen and oxygen atoms in total. The molecule has 2 saturated carbocycles. The van der Waals surface area contributed by atoms with E-state index in [2.05, 4.69) is 34.4 Å². The lowest BCUT2D eigenvalue weighted by atomic mass is 10.0. The molecule has 0 aromatic rings. The Labute approximate surface area is 412 Å². The second kappa shape index (κ2) is 24.6. The molecule has 5 rings (SSSR count). The number of nitrogens with one attached hydrogen (secondary N) is 4. The molecule has 4 fully saturated rings. The Hall–Kier alpha value is -5.50. The maximum absolute atomic E-state index is 13.6. The van der Waals surface area contributed by atoms with Crippen LogP contribution in [0.5, 0.6) is 0 Å². The summed E-state index contributed by atoms with van der Waals surface area (Å²) < 4.78 is 20.5. The van der Waals surface area contributed by atoms with Gasteiger partial charge >= 0.3 is 24.1 Å². The van der Waals surface area contributed by atoms with Gasteiger partial charge in [-0.05, 0) is 92.9 Å². The van der Waals surface area contributed by atoms with Gasteiger partial charge in [-0.3, -0.25) is 19.2 Å². The number of carbonyl (C=O) groups is 8. The number of esters is 2. The zero-order chi connectivity index (χ0) is 52.2. The maximum atomic E-state index is 13.6. The van der Waals surface area contributed by atoms with E-state index in [1.807, 2.05) is 18.2 Å². The predicted octanol–water partition coefficient (Wildman–Crippen LogP) is 3.62. The first-order chi connectivity index (χ1) is 32.8. The Balaban J connectivity index is 0.000000305. The van der Waals surface area contributed by atoms with Gasteiger partial charge in [-0.2, -0.15) is 0 Å². The number of hydrogen-bond acceptors (Lipinski definition) is 14. The smallest absolute Gasteiger partial charge is 0.408 e. The van der Waals surface area contributed by atoms with Crippen LogP contribution in [-0.4, -0.2) is 154 Å². The summed E-state index contributed by atoms with van der Waals surface area (Å²) in [6.07, 6.45) is 12.2. The first kappa shape index (κ1) is 57.1. The van der Waals surface area contributed by atoms with Gasteiger partial charge in [0.25, 0.3) is 0 Å². The van der Waals surface area contributed by atoms with E-state index in [0.717, 1.165) is 38.5 Å². The van der Waals surface area contributed by atoms with E-state index in [4.69, 9.17) is 18.9 Å². The van der Waals surface area contributed by atoms with Crippen molar-refractivity contribution in [2.75, 3.05) is 27.3 Å². The molecule has 5 aliphatic rings. The molecule has 20 heteroatoms. The van der Waals surface area contributed by atoms with Crippen LogP contribution in [0, 0.1) is 11.8 Å². The molecular formula is C50H78N6O14. The van der Waals surface area contributed by atoms with Crippen LogP contribution >= 0.6 is 0 Å². The highest BCUT2D eigenvalue weighted by molar-refractivity contribution is 5.98. The van der Waals surface area contributed by atoms with Gasteiger partial charge in [0.1, 0.15) is 46.4 Å². The number of hydrogen-bond donors (Lipinski definition) is 6. The van der Waals surface area contributed by atoms with Crippen molar-refractivity contribution in [2.45, 2.75) is 190 Å². The maximum Gasteiger partial charge on any atom is 0.408 e. The second-order valence-electron chi connectivity index (χ2n) is 20.9. The number of carbonyl (C=O) groups excluding carboxylic acids is 8. The van der Waals surface area contributed by atoms with Crippen LogP contribution in [0.3, 0.4) is 0 Å². The number of alkyl carbamates (subject to hydrolysis) is 2. The predicted molar refractivity (Wildman–Crippen MR) is 256 cm³/mol. The number of allylic oxidation sites excluding steroid dienone is 2. The molecule has 6 amide bonds. The normalized spacial score (nSPS) is 29.5. The monoisotopic (exact) mass is 987 g/mol. The summed E-state index contributed by atoms with van der Waals surface area (Å²) in [7, 11) is 2.52. The van der Waals surface area contributed by atoms with Crippen molar-refractivity contribution in [3.63, 3.8) is 0 Å². The molecule has 3 aliphatic heterocycles. The number of likely N-dealkylation sites (tertiary alicyclic amines) is 1. The largest absolute Gasteiger partial charge is 0.467 e. The summed E-state index contributed by atoms with van der Waals surface area (Å²) in [6.45, 7) is 17.7. The van der Waals surface area contributed by atoms with E-state index in [1.54, 1.807) is 47.6 Å². The minimum atomic E-state index is -1.21. The highest BCUT2D eigenvalue weighted by Gasteiger charge is 2.63. The quantitative estimate of drug-likeness (QED) is 0.0629. The molecule has 3 heterocycles. The molecule has 392 valence electrons. The third-order valence-corrected chi connectivity index (χ3v) is 12.9. The van der Waals surface area contributed by atoms with E-state index < -0.39 is 106 Å². The Bertz CT molecular complexity index is 1960. The van der Waals surface area contributed by atoms with Crippen molar-refractivity contribution in [3.05, 3.63) is 37.5 Å². The molecule has 2 aliphatic carbocycles. The lowest BCUT2D eigenvalue weighted by Crippen LogP contribution is -2.56. The van der Waals surface area contributed by atoms with Crippen molar-refractivity contribution < 1.29 is 67.5 Å². The molecule has 6 N–H and O–H groups in total. The van der Waals surface area contributed by atoms with Crippen LogP contribution in [0.25, 0.3) is 0 Å². The zero-order valence-corrected chi connectivity index (χ0v) is 42.3. The number of aliphatic hydroxyl groups is 2. The summed E-state index contributed by atoms with van der Waals surface area (Å²) in [5, 5.41) is 31.4.